The second kappa shape index (κ2) is 5.41. The first-order valence-electron chi connectivity index (χ1n) is 4.57. The van der Waals surface area contributed by atoms with Gasteiger partial charge in [0.05, 0.1) is 21.6 Å². The van der Waals surface area contributed by atoms with Gasteiger partial charge in [-0.2, -0.15) is 5.26 Å². The number of hydrogen-bond donors (Lipinski definition) is 0. The number of nitrogens with zero attached hydrogens (tertiary/aromatic N) is 2. The van der Waals surface area contributed by atoms with Crippen LogP contribution in [0.4, 0.5) is 5.69 Å². The monoisotopic (exact) mass is 298 g/mol. The minimum atomic E-state index is -0.878. The number of nitro groups is 1. The second-order valence-electron chi connectivity index (χ2n) is 2.91. The zero-order chi connectivity index (χ0) is 13.0. The van der Waals surface area contributed by atoms with Gasteiger partial charge in [0.15, 0.2) is 5.56 Å². The SMILES string of the molecule is CCOC(=O)c1c(C#N)ccc(Br)c1[N+](=O)[O-]. The van der Waals surface area contributed by atoms with E-state index in [1.54, 1.807) is 13.0 Å². The van der Waals surface area contributed by atoms with Crippen molar-refractivity contribution in [2.45, 2.75) is 6.92 Å². The average molecular weight is 299 g/mol. The van der Waals surface area contributed by atoms with E-state index in [0.717, 1.165) is 0 Å². The summed E-state index contributed by atoms with van der Waals surface area (Å²) >= 11 is 2.97. The normalized spacial score (nSPS) is 9.47. The Hall–Kier alpha value is -1.94. The van der Waals surface area contributed by atoms with Gasteiger partial charge in [-0.15, -0.1) is 0 Å². The van der Waals surface area contributed by atoms with Gasteiger partial charge in [-0.25, -0.2) is 4.79 Å². The molecule has 0 aliphatic carbocycles. The van der Waals surface area contributed by atoms with Crippen molar-refractivity contribution in [3.05, 3.63) is 37.8 Å². The van der Waals surface area contributed by atoms with Crippen molar-refractivity contribution in [3.63, 3.8) is 0 Å². The zero-order valence-corrected chi connectivity index (χ0v) is 10.4. The number of rotatable bonds is 3. The number of nitro benzene ring substituents is 1. The summed E-state index contributed by atoms with van der Waals surface area (Å²) in [6, 6.07) is 4.40. The molecule has 0 radical (unpaired) electrons. The highest BCUT2D eigenvalue weighted by molar-refractivity contribution is 9.10. The molecule has 1 rings (SSSR count). The molecular formula is C10H7BrN2O4. The lowest BCUT2D eigenvalue weighted by molar-refractivity contribution is -0.386. The standard InChI is InChI=1S/C10H7BrN2O4/c1-2-17-10(14)8-6(5-12)3-4-7(11)9(8)13(15)16/h3-4H,2H2,1H3. The number of hydrogen-bond acceptors (Lipinski definition) is 5. The van der Waals surface area contributed by atoms with Crippen LogP contribution in [0.15, 0.2) is 16.6 Å². The van der Waals surface area contributed by atoms with Crippen molar-refractivity contribution in [1.29, 1.82) is 5.26 Å². The Bertz CT molecular complexity index is 522. The van der Waals surface area contributed by atoms with Crippen LogP contribution in [0.5, 0.6) is 0 Å². The number of nitriles is 1. The zero-order valence-electron chi connectivity index (χ0n) is 8.77. The number of halogens is 1. The fourth-order valence-electron chi connectivity index (χ4n) is 1.25. The Labute approximate surface area is 105 Å². The summed E-state index contributed by atoms with van der Waals surface area (Å²) in [5, 5.41) is 19.7. The fourth-order valence-corrected chi connectivity index (χ4v) is 1.72. The second-order valence-corrected chi connectivity index (χ2v) is 3.76. The number of carbonyl (C=O) groups excluding carboxylic acids is 1. The van der Waals surface area contributed by atoms with Gasteiger partial charge in [0.2, 0.25) is 0 Å². The largest absolute Gasteiger partial charge is 0.462 e. The third-order valence-corrected chi connectivity index (χ3v) is 2.55. The number of benzene rings is 1. The van der Waals surface area contributed by atoms with Crippen LogP contribution < -0.4 is 0 Å². The van der Waals surface area contributed by atoms with Crippen LogP contribution in [0.1, 0.15) is 22.8 Å². The van der Waals surface area contributed by atoms with Gasteiger partial charge < -0.3 is 4.74 Å². The quantitative estimate of drug-likeness (QED) is 0.485. The minimum Gasteiger partial charge on any atom is -0.462 e. The Morgan fingerprint density at radius 2 is 2.29 bits per heavy atom. The average Bonchev–Trinajstić information content (AvgIpc) is 2.28. The van der Waals surface area contributed by atoms with E-state index in [0.29, 0.717) is 0 Å². The highest BCUT2D eigenvalue weighted by Crippen LogP contribution is 2.31. The lowest BCUT2D eigenvalue weighted by Gasteiger charge is -2.05. The van der Waals surface area contributed by atoms with E-state index in [9.17, 15) is 14.9 Å². The molecule has 17 heavy (non-hydrogen) atoms. The van der Waals surface area contributed by atoms with Crippen LogP contribution >= 0.6 is 15.9 Å². The van der Waals surface area contributed by atoms with E-state index in [4.69, 9.17) is 10.00 Å². The molecule has 0 aliphatic heterocycles. The van der Waals surface area contributed by atoms with E-state index in [-0.39, 0.29) is 22.2 Å². The maximum Gasteiger partial charge on any atom is 0.346 e. The van der Waals surface area contributed by atoms with Crippen LogP contribution in [0.2, 0.25) is 0 Å². The van der Waals surface area contributed by atoms with Gasteiger partial charge in [0.1, 0.15) is 6.07 Å². The predicted molar refractivity (Wildman–Crippen MR) is 61.5 cm³/mol. The van der Waals surface area contributed by atoms with Crippen LogP contribution in [-0.2, 0) is 4.74 Å². The highest BCUT2D eigenvalue weighted by atomic mass is 79.9. The summed E-state index contributed by atoms with van der Waals surface area (Å²) < 4.78 is 4.83. The van der Waals surface area contributed by atoms with Gasteiger partial charge in [-0.1, -0.05) is 0 Å². The number of esters is 1. The first kappa shape index (κ1) is 13.1. The summed E-state index contributed by atoms with van der Waals surface area (Å²) in [6.45, 7) is 1.65. The van der Waals surface area contributed by atoms with E-state index in [1.165, 1.54) is 12.1 Å². The molecule has 88 valence electrons. The summed E-state index contributed by atoms with van der Waals surface area (Å²) in [7, 11) is 0. The molecule has 6 nitrogen and oxygen atoms in total. The van der Waals surface area contributed by atoms with Crippen molar-refractivity contribution >= 4 is 27.6 Å². The van der Waals surface area contributed by atoms with E-state index >= 15 is 0 Å². The van der Waals surface area contributed by atoms with Crippen LogP contribution in [-0.4, -0.2) is 17.5 Å². The lowest BCUT2D eigenvalue weighted by Crippen LogP contribution is -2.10. The molecule has 0 aromatic heterocycles. The molecule has 0 unspecified atom stereocenters. The molecule has 1 aromatic carbocycles. The molecule has 0 fully saturated rings. The van der Waals surface area contributed by atoms with Crippen LogP contribution in [0.25, 0.3) is 0 Å². The first-order valence-corrected chi connectivity index (χ1v) is 5.36. The predicted octanol–water partition coefficient (Wildman–Crippen LogP) is 2.41. The molecule has 0 saturated carbocycles. The maximum absolute atomic E-state index is 11.6. The van der Waals surface area contributed by atoms with Crippen molar-refractivity contribution in [2.75, 3.05) is 6.61 Å². The molecule has 0 heterocycles. The topological polar surface area (TPSA) is 93.2 Å². The molecule has 7 heteroatoms. The van der Waals surface area contributed by atoms with Crippen LogP contribution in [0, 0.1) is 21.4 Å². The van der Waals surface area contributed by atoms with Gasteiger partial charge in [-0.3, -0.25) is 10.1 Å². The Kier molecular flexibility index (Phi) is 4.17. The summed E-state index contributed by atoms with van der Waals surface area (Å²) in [4.78, 5) is 21.8. The summed E-state index contributed by atoms with van der Waals surface area (Å²) in [5.74, 6) is -0.878. The molecular weight excluding hydrogens is 292 g/mol. The number of carbonyl (C=O) groups is 1. The van der Waals surface area contributed by atoms with Crippen molar-refractivity contribution in [1.82, 2.24) is 0 Å². The summed E-state index contributed by atoms with van der Waals surface area (Å²) in [5.41, 5.74) is -0.866. The summed E-state index contributed by atoms with van der Waals surface area (Å²) in [6.07, 6.45) is 0. The molecule has 0 saturated heterocycles. The lowest BCUT2D eigenvalue weighted by atomic mass is 10.1. The molecule has 0 spiro atoms. The molecule has 0 aliphatic rings. The third kappa shape index (κ3) is 2.60. The smallest absolute Gasteiger partial charge is 0.346 e. The van der Waals surface area contributed by atoms with Crippen molar-refractivity contribution in [3.8, 4) is 6.07 Å². The minimum absolute atomic E-state index is 0.0768. The first-order chi connectivity index (χ1) is 8.02. The van der Waals surface area contributed by atoms with Gasteiger partial charge >= 0.3 is 5.97 Å². The maximum atomic E-state index is 11.6. The molecule has 1 aromatic rings. The van der Waals surface area contributed by atoms with Crippen LogP contribution in [0.3, 0.4) is 0 Å². The van der Waals surface area contributed by atoms with Crippen molar-refractivity contribution in [2.24, 2.45) is 0 Å². The van der Waals surface area contributed by atoms with E-state index < -0.39 is 16.6 Å². The Balaban J connectivity index is 3.52. The molecule has 0 amide bonds. The van der Waals surface area contributed by atoms with Gasteiger partial charge in [0, 0.05) is 0 Å². The van der Waals surface area contributed by atoms with E-state index in [1.807, 2.05) is 0 Å². The Morgan fingerprint density at radius 1 is 1.65 bits per heavy atom. The van der Waals surface area contributed by atoms with E-state index in [2.05, 4.69) is 15.9 Å². The molecule has 0 N–H and O–H groups in total. The Morgan fingerprint density at radius 3 is 2.76 bits per heavy atom. The van der Waals surface area contributed by atoms with Gasteiger partial charge in [0.25, 0.3) is 5.69 Å². The molecule has 0 atom stereocenters. The molecule has 0 bridgehead atoms. The number of ether oxygens (including phenoxy) is 1. The highest BCUT2D eigenvalue weighted by Gasteiger charge is 2.28. The fraction of sp³-hybridized carbons (Fsp3) is 0.200. The van der Waals surface area contributed by atoms with Crippen molar-refractivity contribution < 1.29 is 14.5 Å². The van der Waals surface area contributed by atoms with Gasteiger partial charge in [-0.05, 0) is 35.0 Å². The third-order valence-electron chi connectivity index (χ3n) is 1.91.